The summed E-state index contributed by atoms with van der Waals surface area (Å²) in [4.78, 5) is 17.0. The van der Waals surface area contributed by atoms with Gasteiger partial charge in [0.2, 0.25) is 0 Å². The average Bonchev–Trinajstić information content (AvgIpc) is 3.29. The van der Waals surface area contributed by atoms with Gasteiger partial charge in [-0.25, -0.2) is 0 Å². The van der Waals surface area contributed by atoms with Crippen LogP contribution in [0.4, 0.5) is 0 Å². The molecule has 24 heavy (non-hydrogen) atoms. The van der Waals surface area contributed by atoms with E-state index in [2.05, 4.69) is 15.4 Å². The number of hydrogen-bond acceptors (Lipinski definition) is 4. The van der Waals surface area contributed by atoms with Crippen molar-refractivity contribution in [1.29, 1.82) is 0 Å². The first-order valence-electron chi connectivity index (χ1n) is 8.64. The second-order valence-electron chi connectivity index (χ2n) is 6.85. The van der Waals surface area contributed by atoms with Gasteiger partial charge >= 0.3 is 0 Å². The van der Waals surface area contributed by atoms with Gasteiger partial charge in [0.15, 0.2) is 0 Å². The second kappa shape index (κ2) is 6.36. The van der Waals surface area contributed by atoms with Crippen molar-refractivity contribution in [3.63, 3.8) is 0 Å². The summed E-state index contributed by atoms with van der Waals surface area (Å²) in [5.74, 6) is 0.243. The number of aliphatic hydroxyl groups is 1. The summed E-state index contributed by atoms with van der Waals surface area (Å²) < 4.78 is 1.89. The van der Waals surface area contributed by atoms with Gasteiger partial charge in [-0.05, 0) is 55.7 Å². The summed E-state index contributed by atoms with van der Waals surface area (Å²) in [6, 6.07) is 3.50. The molecule has 1 amide bonds. The van der Waals surface area contributed by atoms with Crippen molar-refractivity contribution in [1.82, 2.24) is 20.1 Å². The van der Waals surface area contributed by atoms with E-state index in [4.69, 9.17) is 0 Å². The molecule has 2 aromatic heterocycles. The van der Waals surface area contributed by atoms with Crippen molar-refractivity contribution in [3.05, 3.63) is 47.5 Å². The van der Waals surface area contributed by atoms with Crippen LogP contribution in [0.2, 0.25) is 0 Å². The molecule has 3 atom stereocenters. The molecule has 2 N–H and O–H groups in total. The molecule has 2 aliphatic carbocycles. The predicted molar refractivity (Wildman–Crippen MR) is 88.5 cm³/mol. The number of aryl methyl sites for hydroxylation is 1. The Hall–Kier alpha value is -2.21. The molecule has 1 saturated carbocycles. The molecule has 2 heterocycles. The van der Waals surface area contributed by atoms with E-state index in [1.807, 2.05) is 16.9 Å². The zero-order valence-electron chi connectivity index (χ0n) is 13.6. The first kappa shape index (κ1) is 15.3. The van der Waals surface area contributed by atoms with E-state index in [0.717, 1.165) is 49.0 Å². The summed E-state index contributed by atoms with van der Waals surface area (Å²) in [6.07, 6.45) is 9.31. The number of amides is 1. The number of aliphatic hydroxyl groups excluding tert-OH is 1. The third-order valence-corrected chi connectivity index (χ3v) is 5.18. The molecule has 1 unspecified atom stereocenters. The Bertz CT molecular complexity index is 729. The SMILES string of the molecule is O=C(N[C@@H]1CC(Cn2cccn2)C[C@H]1O)c1ccnc2c1CCC2. The molecule has 2 aliphatic rings. The second-order valence-corrected chi connectivity index (χ2v) is 6.85. The van der Waals surface area contributed by atoms with E-state index < -0.39 is 6.10 Å². The van der Waals surface area contributed by atoms with Crippen LogP contribution in [0.15, 0.2) is 30.7 Å². The molecule has 0 saturated heterocycles. The summed E-state index contributed by atoms with van der Waals surface area (Å²) in [6.45, 7) is 0.779. The van der Waals surface area contributed by atoms with Gasteiger partial charge in [0.25, 0.3) is 5.91 Å². The number of pyridine rings is 1. The molecule has 0 aliphatic heterocycles. The van der Waals surface area contributed by atoms with E-state index in [9.17, 15) is 9.90 Å². The highest BCUT2D eigenvalue weighted by molar-refractivity contribution is 5.96. The third-order valence-electron chi connectivity index (χ3n) is 5.18. The van der Waals surface area contributed by atoms with Crippen molar-refractivity contribution in [2.45, 2.75) is 50.8 Å². The topological polar surface area (TPSA) is 80.0 Å². The maximum absolute atomic E-state index is 12.7. The van der Waals surface area contributed by atoms with Gasteiger partial charge in [-0.3, -0.25) is 14.5 Å². The molecule has 6 heteroatoms. The molecule has 0 radical (unpaired) electrons. The van der Waals surface area contributed by atoms with Crippen LogP contribution < -0.4 is 5.32 Å². The lowest BCUT2D eigenvalue weighted by Crippen LogP contribution is -2.40. The van der Waals surface area contributed by atoms with Gasteiger partial charge < -0.3 is 10.4 Å². The minimum absolute atomic E-state index is 0.0839. The normalized spacial score (nSPS) is 25.6. The van der Waals surface area contributed by atoms with Crippen molar-refractivity contribution in [3.8, 4) is 0 Å². The molecule has 1 fully saturated rings. The van der Waals surface area contributed by atoms with Gasteiger partial charge in [-0.1, -0.05) is 0 Å². The van der Waals surface area contributed by atoms with E-state index in [-0.39, 0.29) is 11.9 Å². The number of hydrogen-bond donors (Lipinski definition) is 2. The molecule has 0 aromatic carbocycles. The number of nitrogens with zero attached hydrogens (tertiary/aromatic N) is 3. The minimum atomic E-state index is -0.496. The van der Waals surface area contributed by atoms with Crippen LogP contribution in [0, 0.1) is 5.92 Å². The molecule has 4 rings (SSSR count). The van der Waals surface area contributed by atoms with Gasteiger partial charge in [0, 0.05) is 36.4 Å². The van der Waals surface area contributed by atoms with E-state index in [0.29, 0.717) is 12.3 Å². The van der Waals surface area contributed by atoms with Crippen LogP contribution in [0.25, 0.3) is 0 Å². The van der Waals surface area contributed by atoms with Crippen LogP contribution in [-0.2, 0) is 19.4 Å². The fourth-order valence-electron chi connectivity index (χ4n) is 4.02. The van der Waals surface area contributed by atoms with Crippen LogP contribution >= 0.6 is 0 Å². The Balaban J connectivity index is 1.42. The van der Waals surface area contributed by atoms with Crippen molar-refractivity contribution in [2.75, 3.05) is 0 Å². The Labute approximate surface area is 140 Å². The van der Waals surface area contributed by atoms with Gasteiger partial charge in [0.1, 0.15) is 0 Å². The van der Waals surface area contributed by atoms with Gasteiger partial charge in [-0.2, -0.15) is 5.10 Å². The Morgan fingerprint density at radius 2 is 2.25 bits per heavy atom. The number of fused-ring (bicyclic) bond motifs is 1. The van der Waals surface area contributed by atoms with E-state index in [1.54, 1.807) is 18.5 Å². The monoisotopic (exact) mass is 326 g/mol. The van der Waals surface area contributed by atoms with Crippen LogP contribution in [-0.4, -0.2) is 37.9 Å². The lowest BCUT2D eigenvalue weighted by Gasteiger charge is -2.17. The number of carbonyl (C=O) groups is 1. The van der Waals surface area contributed by atoms with Gasteiger partial charge in [0.05, 0.1) is 12.1 Å². The van der Waals surface area contributed by atoms with Crippen molar-refractivity contribution >= 4 is 5.91 Å². The summed E-state index contributed by atoms with van der Waals surface area (Å²) in [7, 11) is 0. The average molecular weight is 326 g/mol. The van der Waals surface area contributed by atoms with Crippen LogP contribution in [0.5, 0.6) is 0 Å². The fraction of sp³-hybridized carbons (Fsp3) is 0.500. The number of carbonyl (C=O) groups excluding carboxylic acids is 1. The van der Waals surface area contributed by atoms with E-state index in [1.165, 1.54) is 0 Å². The lowest BCUT2D eigenvalue weighted by atomic mass is 10.1. The molecular weight excluding hydrogens is 304 g/mol. The molecule has 2 aromatic rings. The number of rotatable bonds is 4. The smallest absolute Gasteiger partial charge is 0.251 e. The highest BCUT2D eigenvalue weighted by Gasteiger charge is 2.34. The van der Waals surface area contributed by atoms with Gasteiger partial charge in [-0.15, -0.1) is 0 Å². The summed E-state index contributed by atoms with van der Waals surface area (Å²) in [5, 5.41) is 17.6. The number of aromatic nitrogens is 3. The Morgan fingerprint density at radius 3 is 3.08 bits per heavy atom. The fourth-order valence-corrected chi connectivity index (χ4v) is 4.02. The maximum Gasteiger partial charge on any atom is 0.251 e. The summed E-state index contributed by atoms with van der Waals surface area (Å²) >= 11 is 0. The van der Waals surface area contributed by atoms with Crippen molar-refractivity contribution < 1.29 is 9.90 Å². The van der Waals surface area contributed by atoms with Crippen LogP contribution in [0.1, 0.15) is 40.9 Å². The van der Waals surface area contributed by atoms with Crippen LogP contribution in [0.3, 0.4) is 0 Å². The quantitative estimate of drug-likeness (QED) is 0.888. The zero-order valence-corrected chi connectivity index (χ0v) is 13.6. The highest BCUT2D eigenvalue weighted by atomic mass is 16.3. The molecule has 0 spiro atoms. The largest absolute Gasteiger partial charge is 0.391 e. The zero-order chi connectivity index (χ0) is 16.5. The first-order valence-corrected chi connectivity index (χ1v) is 8.64. The highest BCUT2D eigenvalue weighted by Crippen LogP contribution is 2.28. The molecule has 126 valence electrons. The molecule has 6 nitrogen and oxygen atoms in total. The predicted octanol–water partition coefficient (Wildman–Crippen LogP) is 1.34. The summed E-state index contributed by atoms with van der Waals surface area (Å²) in [5.41, 5.74) is 2.85. The standard InChI is InChI=1S/C18H22N4O2/c23-17-10-12(11-22-8-2-6-20-22)9-16(17)21-18(24)14-5-7-19-15-4-1-3-13(14)15/h2,5-8,12,16-17,23H,1,3-4,9-11H2,(H,21,24)/t12?,16-,17-/m1/s1. The third kappa shape index (κ3) is 2.94. The number of nitrogens with one attached hydrogen (secondary N) is 1. The maximum atomic E-state index is 12.7. The first-order chi connectivity index (χ1) is 11.7. The Kier molecular flexibility index (Phi) is 4.06. The van der Waals surface area contributed by atoms with Crippen molar-refractivity contribution in [2.24, 2.45) is 5.92 Å². The Morgan fingerprint density at radius 1 is 1.33 bits per heavy atom. The van der Waals surface area contributed by atoms with E-state index >= 15 is 0 Å². The lowest BCUT2D eigenvalue weighted by molar-refractivity contribution is 0.0872. The minimum Gasteiger partial charge on any atom is -0.391 e. The molecule has 0 bridgehead atoms. The molecular formula is C18H22N4O2.